The van der Waals surface area contributed by atoms with Crippen LogP contribution < -0.4 is 0 Å². The zero-order valence-corrected chi connectivity index (χ0v) is 15.6. The summed E-state index contributed by atoms with van der Waals surface area (Å²) in [4.78, 5) is 4.85. The van der Waals surface area contributed by atoms with Crippen molar-refractivity contribution in [3.8, 4) is 11.1 Å². The third-order valence-electron chi connectivity index (χ3n) is 5.42. The largest absolute Gasteiger partial charge is 0.395 e. The van der Waals surface area contributed by atoms with Crippen LogP contribution in [-0.4, -0.2) is 60.8 Å². The number of halogens is 1. The van der Waals surface area contributed by atoms with Gasteiger partial charge in [-0.25, -0.2) is 4.39 Å². The molecule has 0 bridgehead atoms. The van der Waals surface area contributed by atoms with E-state index in [-0.39, 0.29) is 12.4 Å². The topological polar surface area (TPSA) is 26.7 Å². The number of aliphatic hydroxyl groups is 1. The Balaban J connectivity index is 1.49. The van der Waals surface area contributed by atoms with Crippen LogP contribution >= 0.6 is 0 Å². The predicted octanol–water partition coefficient (Wildman–Crippen LogP) is 3.60. The second-order valence-corrected chi connectivity index (χ2v) is 7.23. The highest BCUT2D eigenvalue weighted by Crippen LogP contribution is 2.25. The molecule has 1 saturated heterocycles. The Bertz CT molecular complexity index is 664. The average Bonchev–Trinajstić information content (AvgIpc) is 2.68. The summed E-state index contributed by atoms with van der Waals surface area (Å²) < 4.78 is 13.1. The molecule has 2 aromatic rings. The SMILES string of the molecule is CC(CCN1CCN(CCO)CC1)c1ccc(-c2ccc(F)cc2)cc1. The summed E-state index contributed by atoms with van der Waals surface area (Å²) >= 11 is 0. The molecular weight excluding hydrogens is 327 g/mol. The van der Waals surface area contributed by atoms with Gasteiger partial charge < -0.3 is 10.0 Å². The first-order valence-corrected chi connectivity index (χ1v) is 9.57. The Morgan fingerprint density at radius 3 is 1.88 bits per heavy atom. The van der Waals surface area contributed by atoms with Crippen LogP contribution in [0.3, 0.4) is 0 Å². The first-order valence-electron chi connectivity index (χ1n) is 9.57. The van der Waals surface area contributed by atoms with E-state index in [4.69, 9.17) is 5.11 Å². The van der Waals surface area contributed by atoms with E-state index in [0.29, 0.717) is 5.92 Å². The minimum absolute atomic E-state index is 0.198. The maximum absolute atomic E-state index is 13.1. The fourth-order valence-electron chi connectivity index (χ4n) is 3.57. The zero-order chi connectivity index (χ0) is 18.4. The maximum Gasteiger partial charge on any atom is 0.123 e. The highest BCUT2D eigenvalue weighted by Gasteiger charge is 2.17. The average molecular weight is 356 g/mol. The van der Waals surface area contributed by atoms with Gasteiger partial charge in [-0.15, -0.1) is 0 Å². The van der Waals surface area contributed by atoms with Crippen molar-refractivity contribution in [3.05, 3.63) is 59.9 Å². The number of rotatable bonds is 7. The van der Waals surface area contributed by atoms with E-state index < -0.39 is 0 Å². The van der Waals surface area contributed by atoms with Gasteiger partial charge in [-0.3, -0.25) is 4.90 Å². The van der Waals surface area contributed by atoms with Crippen molar-refractivity contribution in [2.75, 3.05) is 45.9 Å². The van der Waals surface area contributed by atoms with E-state index in [1.165, 1.54) is 17.7 Å². The lowest BCUT2D eigenvalue weighted by Crippen LogP contribution is -2.47. The van der Waals surface area contributed by atoms with Crippen LogP contribution in [0.4, 0.5) is 4.39 Å². The molecule has 3 nitrogen and oxygen atoms in total. The number of aliphatic hydroxyl groups excluding tert-OH is 1. The number of piperazine rings is 1. The van der Waals surface area contributed by atoms with Crippen molar-refractivity contribution < 1.29 is 9.50 Å². The van der Waals surface area contributed by atoms with E-state index in [0.717, 1.165) is 56.8 Å². The van der Waals surface area contributed by atoms with Crippen molar-refractivity contribution in [1.82, 2.24) is 9.80 Å². The molecule has 1 aliphatic rings. The van der Waals surface area contributed by atoms with Gasteiger partial charge >= 0.3 is 0 Å². The summed E-state index contributed by atoms with van der Waals surface area (Å²) in [6.07, 6.45) is 1.15. The molecule has 1 N–H and O–H groups in total. The number of hydrogen-bond donors (Lipinski definition) is 1. The van der Waals surface area contributed by atoms with Crippen molar-refractivity contribution >= 4 is 0 Å². The van der Waals surface area contributed by atoms with Crippen molar-refractivity contribution in [1.29, 1.82) is 0 Å². The Kier molecular flexibility index (Phi) is 6.78. The fraction of sp³-hybridized carbons (Fsp3) is 0.455. The van der Waals surface area contributed by atoms with Crippen LogP contribution in [0.15, 0.2) is 48.5 Å². The molecule has 2 aromatic carbocycles. The summed E-state index contributed by atoms with van der Waals surface area (Å²) in [6, 6.07) is 15.3. The molecular formula is C22H29FN2O. The van der Waals surface area contributed by atoms with E-state index in [1.807, 2.05) is 12.1 Å². The normalized spacial score (nSPS) is 17.3. The molecule has 3 rings (SSSR count). The van der Waals surface area contributed by atoms with Crippen LogP contribution in [0, 0.1) is 5.82 Å². The van der Waals surface area contributed by atoms with Crippen molar-refractivity contribution in [2.24, 2.45) is 0 Å². The number of β-amino-alcohol motifs (C(OH)–C–C–N with tert-alkyl or cyclic N) is 1. The quantitative estimate of drug-likeness (QED) is 0.821. The van der Waals surface area contributed by atoms with Gasteiger partial charge in [0.2, 0.25) is 0 Å². The van der Waals surface area contributed by atoms with Gasteiger partial charge in [-0.2, -0.15) is 0 Å². The van der Waals surface area contributed by atoms with E-state index in [9.17, 15) is 4.39 Å². The van der Waals surface area contributed by atoms with Gasteiger partial charge in [0, 0.05) is 32.7 Å². The monoisotopic (exact) mass is 356 g/mol. The van der Waals surface area contributed by atoms with Crippen LogP contribution in [0.5, 0.6) is 0 Å². The molecule has 1 atom stereocenters. The molecule has 0 aromatic heterocycles. The highest BCUT2D eigenvalue weighted by atomic mass is 19.1. The van der Waals surface area contributed by atoms with Crippen molar-refractivity contribution in [2.45, 2.75) is 19.3 Å². The summed E-state index contributed by atoms with van der Waals surface area (Å²) in [5.41, 5.74) is 3.53. The minimum Gasteiger partial charge on any atom is -0.395 e. The molecule has 0 radical (unpaired) electrons. The lowest BCUT2D eigenvalue weighted by atomic mass is 9.95. The van der Waals surface area contributed by atoms with Crippen molar-refractivity contribution in [3.63, 3.8) is 0 Å². The predicted molar refractivity (Wildman–Crippen MR) is 105 cm³/mol. The molecule has 0 amide bonds. The van der Waals surface area contributed by atoms with Gasteiger partial charge in [-0.1, -0.05) is 43.3 Å². The molecule has 0 aliphatic carbocycles. The fourth-order valence-corrected chi connectivity index (χ4v) is 3.57. The third-order valence-corrected chi connectivity index (χ3v) is 5.42. The van der Waals surface area contributed by atoms with Gasteiger partial charge in [0.15, 0.2) is 0 Å². The Hall–Kier alpha value is -1.75. The summed E-state index contributed by atoms with van der Waals surface area (Å²) in [6.45, 7) is 8.76. The zero-order valence-electron chi connectivity index (χ0n) is 15.6. The van der Waals surface area contributed by atoms with E-state index in [2.05, 4.69) is 41.0 Å². The smallest absolute Gasteiger partial charge is 0.123 e. The molecule has 26 heavy (non-hydrogen) atoms. The second-order valence-electron chi connectivity index (χ2n) is 7.23. The first kappa shape index (κ1) is 19.0. The molecule has 1 heterocycles. The molecule has 0 spiro atoms. The number of nitrogens with zero attached hydrogens (tertiary/aromatic N) is 2. The van der Waals surface area contributed by atoms with Gasteiger partial charge in [0.25, 0.3) is 0 Å². The molecule has 140 valence electrons. The number of benzene rings is 2. The summed E-state index contributed by atoms with van der Waals surface area (Å²) in [5, 5.41) is 9.02. The van der Waals surface area contributed by atoms with Gasteiger partial charge in [-0.05, 0) is 47.7 Å². The molecule has 4 heteroatoms. The highest BCUT2D eigenvalue weighted by molar-refractivity contribution is 5.63. The van der Waals surface area contributed by atoms with E-state index >= 15 is 0 Å². The van der Waals surface area contributed by atoms with Crippen LogP contribution in [-0.2, 0) is 0 Å². The lowest BCUT2D eigenvalue weighted by molar-refractivity contribution is 0.111. The molecule has 1 aliphatic heterocycles. The minimum atomic E-state index is -0.198. The Labute approximate surface area is 156 Å². The Morgan fingerprint density at radius 1 is 0.846 bits per heavy atom. The Morgan fingerprint density at radius 2 is 1.35 bits per heavy atom. The second kappa shape index (κ2) is 9.26. The third kappa shape index (κ3) is 5.13. The van der Waals surface area contributed by atoms with Crippen LogP contribution in [0.25, 0.3) is 11.1 Å². The standard InChI is InChI=1S/C22H29FN2O/c1-18(10-11-24-12-14-25(15-13-24)16-17-26)19-2-4-20(5-3-19)21-6-8-22(23)9-7-21/h2-9,18,26H,10-17H2,1H3. The summed E-state index contributed by atoms with van der Waals surface area (Å²) in [7, 11) is 0. The lowest BCUT2D eigenvalue weighted by Gasteiger charge is -2.34. The van der Waals surface area contributed by atoms with Gasteiger partial charge in [0.1, 0.15) is 5.82 Å². The number of hydrogen-bond acceptors (Lipinski definition) is 3. The molecule has 1 fully saturated rings. The van der Waals surface area contributed by atoms with Crippen LogP contribution in [0.1, 0.15) is 24.8 Å². The summed E-state index contributed by atoms with van der Waals surface area (Å²) in [5.74, 6) is 0.323. The molecule has 1 unspecified atom stereocenters. The first-order chi connectivity index (χ1) is 12.7. The maximum atomic E-state index is 13.1. The van der Waals surface area contributed by atoms with Gasteiger partial charge in [0.05, 0.1) is 6.61 Å². The molecule has 0 saturated carbocycles. The van der Waals surface area contributed by atoms with E-state index in [1.54, 1.807) is 0 Å². The van der Waals surface area contributed by atoms with Crippen LogP contribution in [0.2, 0.25) is 0 Å².